The van der Waals surface area contributed by atoms with Gasteiger partial charge in [-0.2, -0.15) is 5.26 Å². The van der Waals surface area contributed by atoms with E-state index in [0.717, 1.165) is 0 Å². The normalized spacial score (nSPS) is 10.2. The summed E-state index contributed by atoms with van der Waals surface area (Å²) in [5.41, 5.74) is 0.747. The molecule has 3 rings (SSSR count). The second-order valence-electron chi connectivity index (χ2n) is 5.69. The van der Waals surface area contributed by atoms with E-state index in [-0.39, 0.29) is 18.1 Å². The zero-order valence-electron chi connectivity index (χ0n) is 15.1. The number of anilines is 1. The van der Waals surface area contributed by atoms with Gasteiger partial charge in [0, 0.05) is 6.07 Å². The first-order chi connectivity index (χ1) is 13.6. The van der Waals surface area contributed by atoms with E-state index in [0.29, 0.717) is 29.4 Å². The molecule has 0 unspecified atom stereocenters. The van der Waals surface area contributed by atoms with Crippen LogP contribution in [0.1, 0.15) is 28.8 Å². The number of benzene rings is 2. The third-order valence-corrected chi connectivity index (χ3v) is 3.75. The molecule has 1 aromatic heterocycles. The SMILES string of the molecule is CCOc1cc(F)ccc1NC(=O)c1ccc(COc2ccccc2C#N)o1. The van der Waals surface area contributed by atoms with Crippen molar-refractivity contribution in [3.63, 3.8) is 0 Å². The number of furan rings is 1. The standard InChI is InChI=1S/C21H17FN2O4/c1-2-26-20-11-15(22)7-9-17(20)24-21(25)19-10-8-16(28-19)13-27-18-6-4-3-5-14(18)12-23/h3-11H,2,13H2,1H3,(H,24,25). The molecule has 142 valence electrons. The Balaban J connectivity index is 1.67. The van der Waals surface area contributed by atoms with Crippen LogP contribution in [0.15, 0.2) is 59.0 Å². The van der Waals surface area contributed by atoms with Gasteiger partial charge in [-0.1, -0.05) is 12.1 Å². The minimum absolute atomic E-state index is 0.0622. The highest BCUT2D eigenvalue weighted by Crippen LogP contribution is 2.26. The molecular formula is C21H17FN2O4. The Morgan fingerprint density at radius 2 is 1.96 bits per heavy atom. The summed E-state index contributed by atoms with van der Waals surface area (Å²) < 4.78 is 29.8. The van der Waals surface area contributed by atoms with Crippen molar-refractivity contribution in [3.8, 4) is 17.6 Å². The van der Waals surface area contributed by atoms with Crippen LogP contribution in [0.3, 0.4) is 0 Å². The molecule has 0 atom stereocenters. The van der Waals surface area contributed by atoms with Crippen LogP contribution in [0.5, 0.6) is 11.5 Å². The van der Waals surface area contributed by atoms with E-state index in [9.17, 15) is 9.18 Å². The molecule has 6 nitrogen and oxygen atoms in total. The molecule has 1 heterocycles. The van der Waals surface area contributed by atoms with Gasteiger partial charge < -0.3 is 19.2 Å². The summed E-state index contributed by atoms with van der Waals surface area (Å²) in [5.74, 6) is 0.188. The van der Waals surface area contributed by atoms with Crippen molar-refractivity contribution >= 4 is 11.6 Å². The average Bonchev–Trinajstić information content (AvgIpc) is 3.18. The van der Waals surface area contributed by atoms with Gasteiger partial charge in [0.25, 0.3) is 5.91 Å². The number of hydrogen-bond acceptors (Lipinski definition) is 5. The zero-order valence-corrected chi connectivity index (χ0v) is 15.1. The maximum Gasteiger partial charge on any atom is 0.291 e. The summed E-state index contributed by atoms with van der Waals surface area (Å²) in [6, 6.07) is 15.8. The van der Waals surface area contributed by atoms with Crippen LogP contribution in [0.2, 0.25) is 0 Å². The summed E-state index contributed by atoms with van der Waals surface area (Å²) >= 11 is 0. The molecule has 0 aliphatic rings. The van der Waals surface area contributed by atoms with Crippen LogP contribution in [-0.2, 0) is 6.61 Å². The van der Waals surface area contributed by atoms with Gasteiger partial charge in [-0.15, -0.1) is 0 Å². The Morgan fingerprint density at radius 3 is 2.75 bits per heavy atom. The lowest BCUT2D eigenvalue weighted by atomic mass is 10.2. The average molecular weight is 380 g/mol. The fourth-order valence-corrected chi connectivity index (χ4v) is 2.47. The molecule has 2 aromatic carbocycles. The van der Waals surface area contributed by atoms with Crippen LogP contribution < -0.4 is 14.8 Å². The molecule has 1 N–H and O–H groups in total. The fourth-order valence-electron chi connectivity index (χ4n) is 2.47. The van der Waals surface area contributed by atoms with E-state index in [1.165, 1.54) is 24.3 Å². The van der Waals surface area contributed by atoms with Crippen molar-refractivity contribution in [2.24, 2.45) is 0 Å². The van der Waals surface area contributed by atoms with Crippen LogP contribution in [0.25, 0.3) is 0 Å². The summed E-state index contributed by atoms with van der Waals surface area (Å²) in [4.78, 5) is 12.4. The zero-order chi connectivity index (χ0) is 19.9. The molecule has 0 saturated heterocycles. The Bertz CT molecular complexity index is 1020. The summed E-state index contributed by atoms with van der Waals surface area (Å²) in [6.07, 6.45) is 0. The van der Waals surface area contributed by atoms with E-state index < -0.39 is 11.7 Å². The van der Waals surface area contributed by atoms with Crippen molar-refractivity contribution in [1.82, 2.24) is 0 Å². The molecule has 0 fully saturated rings. The highest BCUT2D eigenvalue weighted by atomic mass is 19.1. The second kappa shape index (κ2) is 8.73. The van der Waals surface area contributed by atoms with Gasteiger partial charge in [-0.25, -0.2) is 4.39 Å². The number of rotatable bonds is 7. The van der Waals surface area contributed by atoms with Crippen LogP contribution in [-0.4, -0.2) is 12.5 Å². The third kappa shape index (κ3) is 4.48. The van der Waals surface area contributed by atoms with Crippen LogP contribution in [0, 0.1) is 17.1 Å². The van der Waals surface area contributed by atoms with Gasteiger partial charge in [0.05, 0.1) is 17.9 Å². The number of nitrogens with one attached hydrogen (secondary N) is 1. The number of hydrogen-bond donors (Lipinski definition) is 1. The van der Waals surface area contributed by atoms with Gasteiger partial charge in [0.1, 0.15) is 35.8 Å². The van der Waals surface area contributed by atoms with E-state index >= 15 is 0 Å². The largest absolute Gasteiger partial charge is 0.492 e. The van der Waals surface area contributed by atoms with Crippen molar-refractivity contribution in [3.05, 3.63) is 77.5 Å². The molecule has 1 amide bonds. The number of nitriles is 1. The molecule has 7 heteroatoms. The quantitative estimate of drug-likeness (QED) is 0.651. The maximum atomic E-state index is 13.4. The Labute approximate surface area is 161 Å². The molecule has 0 saturated carbocycles. The predicted octanol–water partition coefficient (Wildman–Crippen LogP) is 4.52. The lowest BCUT2D eigenvalue weighted by Crippen LogP contribution is -2.12. The van der Waals surface area contributed by atoms with Crippen LogP contribution >= 0.6 is 0 Å². The van der Waals surface area contributed by atoms with Crippen molar-refractivity contribution in [1.29, 1.82) is 5.26 Å². The number of halogens is 1. The Morgan fingerprint density at radius 1 is 1.14 bits per heavy atom. The number of carbonyl (C=O) groups is 1. The highest BCUT2D eigenvalue weighted by molar-refractivity contribution is 6.03. The van der Waals surface area contributed by atoms with Crippen molar-refractivity contribution in [2.75, 3.05) is 11.9 Å². The minimum Gasteiger partial charge on any atom is -0.492 e. The lowest BCUT2D eigenvalue weighted by Gasteiger charge is -2.10. The fraction of sp³-hybridized carbons (Fsp3) is 0.143. The Kier molecular flexibility index (Phi) is 5.92. The van der Waals surface area contributed by atoms with Gasteiger partial charge >= 0.3 is 0 Å². The highest BCUT2D eigenvalue weighted by Gasteiger charge is 2.15. The second-order valence-corrected chi connectivity index (χ2v) is 5.69. The van der Waals surface area contributed by atoms with E-state index in [2.05, 4.69) is 5.32 Å². The molecular weight excluding hydrogens is 363 g/mol. The first kappa shape index (κ1) is 19.0. The first-order valence-electron chi connectivity index (χ1n) is 8.55. The van der Waals surface area contributed by atoms with Crippen molar-refractivity contribution < 1.29 is 23.1 Å². The number of ether oxygens (including phenoxy) is 2. The summed E-state index contributed by atoms with van der Waals surface area (Å²) in [6.45, 7) is 2.16. The number of para-hydroxylation sites is 1. The monoisotopic (exact) mass is 380 g/mol. The smallest absolute Gasteiger partial charge is 0.291 e. The maximum absolute atomic E-state index is 13.4. The topological polar surface area (TPSA) is 84.5 Å². The minimum atomic E-state index is -0.503. The number of nitrogens with zero attached hydrogens (tertiary/aromatic N) is 1. The number of carbonyl (C=O) groups excluding carboxylic acids is 1. The summed E-state index contributed by atoms with van der Waals surface area (Å²) in [7, 11) is 0. The molecule has 0 bridgehead atoms. The molecule has 0 aliphatic heterocycles. The molecule has 0 spiro atoms. The van der Waals surface area contributed by atoms with E-state index in [4.69, 9.17) is 19.2 Å². The molecule has 3 aromatic rings. The van der Waals surface area contributed by atoms with E-state index in [1.54, 1.807) is 37.3 Å². The molecule has 0 aliphatic carbocycles. The Hall–Kier alpha value is -3.79. The molecule has 0 radical (unpaired) electrons. The van der Waals surface area contributed by atoms with E-state index in [1.807, 2.05) is 6.07 Å². The number of amides is 1. The van der Waals surface area contributed by atoms with Gasteiger partial charge in [0.2, 0.25) is 0 Å². The lowest BCUT2D eigenvalue weighted by molar-refractivity contribution is 0.0992. The van der Waals surface area contributed by atoms with Crippen molar-refractivity contribution in [2.45, 2.75) is 13.5 Å². The van der Waals surface area contributed by atoms with Gasteiger partial charge in [-0.05, 0) is 43.3 Å². The van der Waals surface area contributed by atoms with Gasteiger partial charge in [0.15, 0.2) is 5.76 Å². The summed E-state index contributed by atoms with van der Waals surface area (Å²) in [5, 5.41) is 11.7. The first-order valence-corrected chi connectivity index (χ1v) is 8.55. The third-order valence-electron chi connectivity index (χ3n) is 3.75. The van der Waals surface area contributed by atoms with Gasteiger partial charge in [-0.3, -0.25) is 4.79 Å². The molecule has 28 heavy (non-hydrogen) atoms. The predicted molar refractivity (Wildman–Crippen MR) is 99.7 cm³/mol. The van der Waals surface area contributed by atoms with Crippen LogP contribution in [0.4, 0.5) is 10.1 Å².